The number of halogens is 1. The molecule has 0 radical (unpaired) electrons. The van der Waals surface area contributed by atoms with E-state index in [4.69, 9.17) is 0 Å². The maximum absolute atomic E-state index is 13.1. The van der Waals surface area contributed by atoms with Crippen LogP contribution in [0, 0.1) is 17.3 Å². The Morgan fingerprint density at radius 1 is 1.41 bits per heavy atom. The highest BCUT2D eigenvalue weighted by atomic mass is 79.9. The topological polar surface area (TPSA) is 29.1 Å². The summed E-state index contributed by atoms with van der Waals surface area (Å²) in [6, 6.07) is 0.499. The SMILES string of the molecule is CC(C)C1(Br)CC=CC2=C1C[C@H]1NCC[C@@]23C(=O)CCC[C@@H]13. The second kappa shape index (κ2) is 5.04. The molecule has 1 heterocycles. The van der Waals surface area contributed by atoms with Crippen molar-refractivity contribution in [2.75, 3.05) is 6.54 Å². The number of Topliss-reactive ketones (excluding diaryl/α,β-unsaturated/α-hetero) is 1. The molecule has 1 saturated carbocycles. The second-order valence-corrected chi connectivity index (χ2v) is 9.34. The van der Waals surface area contributed by atoms with Crippen LogP contribution in [0.2, 0.25) is 0 Å². The standard InChI is InChI=1S/C19H26BrNO/c1-12(2)19(20)8-4-6-13-15(19)11-16-14-5-3-7-17(22)18(13,14)9-10-21-16/h4,6,12,14,16,21H,3,5,7-11H2,1-2H3/t14-,16+,18+,19?/m0/s1. The Morgan fingerprint density at radius 3 is 3.00 bits per heavy atom. The van der Waals surface area contributed by atoms with Gasteiger partial charge in [0.1, 0.15) is 5.78 Å². The first-order valence-corrected chi connectivity index (χ1v) is 9.65. The molecule has 1 unspecified atom stereocenters. The van der Waals surface area contributed by atoms with Gasteiger partial charge in [-0.3, -0.25) is 4.79 Å². The van der Waals surface area contributed by atoms with Crippen LogP contribution in [0.1, 0.15) is 52.4 Å². The fraction of sp³-hybridized carbons (Fsp3) is 0.737. The Bertz CT molecular complexity index is 578. The fourth-order valence-corrected chi connectivity index (χ4v) is 6.18. The maximum atomic E-state index is 13.1. The summed E-state index contributed by atoms with van der Waals surface area (Å²) < 4.78 is 0.0457. The highest BCUT2D eigenvalue weighted by Gasteiger charge is 2.59. The van der Waals surface area contributed by atoms with E-state index in [1.165, 1.54) is 17.6 Å². The summed E-state index contributed by atoms with van der Waals surface area (Å²) in [6.07, 6.45) is 10.9. The maximum Gasteiger partial charge on any atom is 0.143 e. The van der Waals surface area contributed by atoms with Gasteiger partial charge in [-0.2, -0.15) is 0 Å². The molecule has 1 saturated heterocycles. The van der Waals surface area contributed by atoms with E-state index in [1.807, 2.05) is 0 Å². The van der Waals surface area contributed by atoms with Crippen molar-refractivity contribution in [3.05, 3.63) is 23.3 Å². The summed E-state index contributed by atoms with van der Waals surface area (Å²) in [4.78, 5) is 13.1. The molecule has 2 nitrogen and oxygen atoms in total. The van der Waals surface area contributed by atoms with Gasteiger partial charge in [-0.15, -0.1) is 0 Å². The number of piperidine rings is 1. The minimum atomic E-state index is -0.174. The lowest BCUT2D eigenvalue weighted by Crippen LogP contribution is -2.61. The van der Waals surface area contributed by atoms with E-state index in [0.717, 1.165) is 38.6 Å². The van der Waals surface area contributed by atoms with Gasteiger partial charge in [0.05, 0.1) is 9.74 Å². The monoisotopic (exact) mass is 363 g/mol. The molecule has 4 aliphatic rings. The molecular formula is C19H26BrNO. The zero-order chi connectivity index (χ0) is 15.5. The van der Waals surface area contributed by atoms with Crippen LogP contribution in [0.25, 0.3) is 0 Å². The first kappa shape index (κ1) is 15.1. The Hall–Kier alpha value is -0.410. The predicted molar refractivity (Wildman–Crippen MR) is 93.1 cm³/mol. The molecule has 3 aliphatic carbocycles. The molecule has 2 bridgehead atoms. The van der Waals surface area contributed by atoms with E-state index in [1.54, 1.807) is 0 Å². The summed E-state index contributed by atoms with van der Waals surface area (Å²) >= 11 is 4.10. The van der Waals surface area contributed by atoms with Crippen molar-refractivity contribution >= 4 is 21.7 Å². The molecule has 2 fully saturated rings. The highest BCUT2D eigenvalue weighted by molar-refractivity contribution is 9.10. The van der Waals surface area contributed by atoms with Gasteiger partial charge < -0.3 is 5.32 Å². The number of rotatable bonds is 1. The van der Waals surface area contributed by atoms with Gasteiger partial charge in [0, 0.05) is 12.5 Å². The number of hydrogen-bond acceptors (Lipinski definition) is 2. The van der Waals surface area contributed by atoms with Crippen molar-refractivity contribution < 1.29 is 4.79 Å². The zero-order valence-corrected chi connectivity index (χ0v) is 15.2. The second-order valence-electron chi connectivity index (χ2n) is 7.92. The van der Waals surface area contributed by atoms with Crippen LogP contribution >= 0.6 is 15.9 Å². The highest BCUT2D eigenvalue weighted by Crippen LogP contribution is 2.60. The molecule has 0 aromatic carbocycles. The minimum Gasteiger partial charge on any atom is -0.313 e. The van der Waals surface area contributed by atoms with Gasteiger partial charge in [0.25, 0.3) is 0 Å². The van der Waals surface area contributed by atoms with E-state index >= 15 is 0 Å². The molecule has 4 atom stereocenters. The first-order valence-electron chi connectivity index (χ1n) is 8.86. The molecule has 3 heteroatoms. The largest absolute Gasteiger partial charge is 0.313 e. The van der Waals surface area contributed by atoms with Gasteiger partial charge in [-0.1, -0.05) is 41.9 Å². The number of alkyl halides is 1. The van der Waals surface area contributed by atoms with Crippen LogP contribution in [-0.4, -0.2) is 22.7 Å². The van der Waals surface area contributed by atoms with Crippen LogP contribution in [0.5, 0.6) is 0 Å². The van der Waals surface area contributed by atoms with Crippen molar-refractivity contribution in [2.45, 2.75) is 62.7 Å². The Kier molecular flexibility index (Phi) is 3.47. The number of carbonyl (C=O) groups is 1. The summed E-state index contributed by atoms with van der Waals surface area (Å²) in [5.74, 6) is 1.58. The third kappa shape index (κ3) is 1.78. The van der Waals surface area contributed by atoms with E-state index in [-0.39, 0.29) is 9.74 Å². The lowest BCUT2D eigenvalue weighted by atomic mass is 9.50. The molecule has 4 rings (SSSR count). The van der Waals surface area contributed by atoms with Crippen LogP contribution in [-0.2, 0) is 4.79 Å². The molecule has 22 heavy (non-hydrogen) atoms. The zero-order valence-electron chi connectivity index (χ0n) is 13.6. The van der Waals surface area contributed by atoms with Crippen LogP contribution in [0.3, 0.4) is 0 Å². The molecule has 1 aliphatic heterocycles. The predicted octanol–water partition coefficient (Wildman–Crippen LogP) is 4.15. The fourth-order valence-electron chi connectivity index (χ4n) is 5.62. The molecular weight excluding hydrogens is 338 g/mol. The quantitative estimate of drug-likeness (QED) is 0.708. The smallest absolute Gasteiger partial charge is 0.143 e. The van der Waals surface area contributed by atoms with E-state index < -0.39 is 0 Å². The average molecular weight is 364 g/mol. The summed E-state index contributed by atoms with van der Waals surface area (Å²) in [5, 5.41) is 3.74. The third-order valence-corrected chi connectivity index (χ3v) is 8.53. The average Bonchev–Trinajstić information content (AvgIpc) is 2.48. The molecule has 0 amide bonds. The molecule has 1 N–H and O–H groups in total. The van der Waals surface area contributed by atoms with E-state index in [0.29, 0.717) is 23.7 Å². The van der Waals surface area contributed by atoms with Gasteiger partial charge in [0.15, 0.2) is 0 Å². The van der Waals surface area contributed by atoms with Crippen LogP contribution < -0.4 is 5.32 Å². The Balaban J connectivity index is 1.93. The lowest BCUT2D eigenvalue weighted by molar-refractivity contribution is -0.136. The molecule has 0 spiro atoms. The van der Waals surface area contributed by atoms with Crippen LogP contribution in [0.15, 0.2) is 23.3 Å². The molecule has 0 aromatic heterocycles. The summed E-state index contributed by atoms with van der Waals surface area (Å²) in [7, 11) is 0. The number of ketones is 1. The van der Waals surface area contributed by atoms with Crippen molar-refractivity contribution in [2.24, 2.45) is 17.3 Å². The number of hydrogen-bond donors (Lipinski definition) is 1. The number of allylic oxidation sites excluding steroid dienone is 3. The normalized spacial score (nSPS) is 44.1. The van der Waals surface area contributed by atoms with E-state index in [9.17, 15) is 4.79 Å². The Labute approximate surface area is 141 Å². The lowest BCUT2D eigenvalue weighted by Gasteiger charge is -2.57. The van der Waals surface area contributed by atoms with Crippen molar-refractivity contribution in [1.82, 2.24) is 5.32 Å². The van der Waals surface area contributed by atoms with Crippen molar-refractivity contribution in [3.8, 4) is 0 Å². The van der Waals surface area contributed by atoms with Crippen molar-refractivity contribution in [1.29, 1.82) is 0 Å². The first-order chi connectivity index (χ1) is 10.5. The summed E-state index contributed by atoms with van der Waals surface area (Å²) in [6.45, 7) is 5.59. The summed E-state index contributed by atoms with van der Waals surface area (Å²) in [5.41, 5.74) is 2.75. The van der Waals surface area contributed by atoms with Crippen LogP contribution in [0.4, 0.5) is 0 Å². The minimum absolute atomic E-state index is 0.0457. The molecule has 120 valence electrons. The van der Waals surface area contributed by atoms with Gasteiger partial charge in [0.2, 0.25) is 0 Å². The van der Waals surface area contributed by atoms with Gasteiger partial charge >= 0.3 is 0 Å². The number of carbonyl (C=O) groups excluding carboxylic acids is 1. The van der Waals surface area contributed by atoms with Crippen molar-refractivity contribution in [3.63, 3.8) is 0 Å². The molecule has 0 aromatic rings. The van der Waals surface area contributed by atoms with Gasteiger partial charge in [-0.25, -0.2) is 0 Å². The van der Waals surface area contributed by atoms with E-state index in [2.05, 4.69) is 47.2 Å². The third-order valence-electron chi connectivity index (χ3n) is 6.81. The van der Waals surface area contributed by atoms with Gasteiger partial charge in [-0.05, 0) is 61.6 Å². The number of nitrogens with one attached hydrogen (secondary N) is 1. The Morgan fingerprint density at radius 2 is 2.23 bits per heavy atom.